The van der Waals surface area contributed by atoms with Gasteiger partial charge in [-0.15, -0.1) is 0 Å². The third kappa shape index (κ3) is 8.98. The molecule has 0 saturated heterocycles. The summed E-state index contributed by atoms with van der Waals surface area (Å²) >= 11 is 3.18. The topological polar surface area (TPSA) is 162 Å². The molecule has 0 aliphatic rings. The standard InChI is InChI=1S/C20H19BrF2N6O3.C2HF3O2/c1-10-25-6-13(18(27-10)26-7-16(24)30)8-29-11(2)28-19(17(21)20(29)31)32-9-12-3-4-14(22)5-15(12)23;3-2(4,5)1(6)7/h3-6H,7-9H2,1-2H3,(H2,24,30)(H,25,26,27);(H,6,7). The number of ether oxygens (including phenoxy) is 1. The second-order valence-corrected chi connectivity index (χ2v) is 8.40. The van der Waals surface area contributed by atoms with Gasteiger partial charge in [0, 0.05) is 23.4 Å². The number of carboxylic acids is 1. The van der Waals surface area contributed by atoms with E-state index in [2.05, 4.69) is 36.2 Å². The highest BCUT2D eigenvalue weighted by Crippen LogP contribution is 2.22. The van der Waals surface area contributed by atoms with E-state index in [1.165, 1.54) is 16.8 Å². The first-order chi connectivity index (χ1) is 18.1. The number of carbonyl (C=O) groups is 2. The molecule has 2 heterocycles. The molecular weight excluding hydrogens is 603 g/mol. The van der Waals surface area contributed by atoms with Crippen LogP contribution in [0.4, 0.5) is 27.8 Å². The molecule has 2 aromatic heterocycles. The minimum Gasteiger partial charge on any atom is -0.475 e. The van der Waals surface area contributed by atoms with Crippen molar-refractivity contribution in [1.29, 1.82) is 0 Å². The quantitative estimate of drug-likeness (QED) is 0.321. The molecule has 0 unspecified atom stereocenters. The molecule has 3 rings (SSSR count). The van der Waals surface area contributed by atoms with E-state index in [-0.39, 0.29) is 35.6 Å². The number of rotatable bonds is 8. The van der Waals surface area contributed by atoms with Crippen LogP contribution in [0.5, 0.6) is 5.88 Å². The van der Waals surface area contributed by atoms with E-state index in [4.69, 9.17) is 20.4 Å². The van der Waals surface area contributed by atoms with Crippen LogP contribution in [0.25, 0.3) is 0 Å². The third-order valence-electron chi connectivity index (χ3n) is 4.64. The van der Waals surface area contributed by atoms with Gasteiger partial charge in [-0.3, -0.25) is 14.2 Å². The van der Waals surface area contributed by atoms with E-state index < -0.39 is 35.2 Å². The Morgan fingerprint density at radius 2 is 1.82 bits per heavy atom. The summed E-state index contributed by atoms with van der Waals surface area (Å²) in [5, 5.41) is 9.95. The summed E-state index contributed by atoms with van der Waals surface area (Å²) in [5.41, 5.74) is 5.38. The van der Waals surface area contributed by atoms with E-state index in [1.54, 1.807) is 13.8 Å². The zero-order valence-electron chi connectivity index (χ0n) is 20.1. The number of anilines is 1. The van der Waals surface area contributed by atoms with Gasteiger partial charge < -0.3 is 20.9 Å². The highest BCUT2D eigenvalue weighted by molar-refractivity contribution is 9.10. The second-order valence-electron chi connectivity index (χ2n) is 7.61. The molecule has 1 amide bonds. The molecule has 0 aliphatic heterocycles. The third-order valence-corrected chi connectivity index (χ3v) is 5.32. The number of hydrogen-bond acceptors (Lipinski definition) is 8. The van der Waals surface area contributed by atoms with Gasteiger partial charge in [-0.05, 0) is 41.9 Å². The first-order valence-corrected chi connectivity index (χ1v) is 11.4. The highest BCUT2D eigenvalue weighted by atomic mass is 79.9. The largest absolute Gasteiger partial charge is 0.490 e. The molecule has 0 bridgehead atoms. The summed E-state index contributed by atoms with van der Waals surface area (Å²) in [6, 6.07) is 3.11. The zero-order chi connectivity index (χ0) is 29.5. The van der Waals surface area contributed by atoms with Crippen LogP contribution in [0, 0.1) is 25.5 Å². The molecule has 1 aromatic carbocycles. The molecule has 0 fully saturated rings. The summed E-state index contributed by atoms with van der Waals surface area (Å²) in [4.78, 5) is 45.6. The molecular formula is C22H20BrF5N6O5. The molecule has 0 aliphatic carbocycles. The minimum absolute atomic E-state index is 0.0280. The van der Waals surface area contributed by atoms with Crippen LogP contribution in [0.3, 0.4) is 0 Å². The number of benzene rings is 1. The first-order valence-electron chi connectivity index (χ1n) is 10.6. The van der Waals surface area contributed by atoms with Crippen LogP contribution in [0.15, 0.2) is 33.7 Å². The maximum atomic E-state index is 13.8. The number of aromatic nitrogens is 4. The lowest BCUT2D eigenvalue weighted by molar-refractivity contribution is -0.192. The lowest BCUT2D eigenvalue weighted by Crippen LogP contribution is -2.27. The van der Waals surface area contributed by atoms with Gasteiger partial charge in [0.05, 0.1) is 13.1 Å². The normalized spacial score (nSPS) is 10.9. The number of halogens is 6. The highest BCUT2D eigenvalue weighted by Gasteiger charge is 2.38. The minimum atomic E-state index is -5.08. The van der Waals surface area contributed by atoms with Crippen LogP contribution < -0.4 is 21.3 Å². The van der Waals surface area contributed by atoms with Crippen LogP contribution >= 0.6 is 15.9 Å². The van der Waals surface area contributed by atoms with Gasteiger partial charge in [0.2, 0.25) is 11.8 Å². The van der Waals surface area contributed by atoms with Crippen molar-refractivity contribution in [3.8, 4) is 5.88 Å². The van der Waals surface area contributed by atoms with E-state index in [1.807, 2.05) is 0 Å². The Labute approximate surface area is 225 Å². The molecule has 0 radical (unpaired) electrons. The Morgan fingerprint density at radius 3 is 2.38 bits per heavy atom. The van der Waals surface area contributed by atoms with E-state index in [0.29, 0.717) is 23.0 Å². The average molecular weight is 623 g/mol. The predicted octanol–water partition coefficient (Wildman–Crippen LogP) is 2.85. The van der Waals surface area contributed by atoms with E-state index >= 15 is 0 Å². The van der Waals surface area contributed by atoms with E-state index in [0.717, 1.165) is 12.1 Å². The molecule has 17 heteroatoms. The smallest absolute Gasteiger partial charge is 0.475 e. The van der Waals surface area contributed by atoms with Crippen LogP contribution in [0.2, 0.25) is 0 Å². The van der Waals surface area contributed by atoms with Gasteiger partial charge in [-0.1, -0.05) is 0 Å². The molecule has 11 nitrogen and oxygen atoms in total. The van der Waals surface area contributed by atoms with Crippen LogP contribution in [-0.4, -0.2) is 49.2 Å². The monoisotopic (exact) mass is 622 g/mol. The number of amides is 1. The predicted molar refractivity (Wildman–Crippen MR) is 129 cm³/mol. The van der Waals surface area contributed by atoms with Crippen molar-refractivity contribution in [1.82, 2.24) is 19.5 Å². The molecule has 210 valence electrons. The molecule has 0 saturated carbocycles. The molecule has 0 atom stereocenters. The Hall–Kier alpha value is -4.15. The lowest BCUT2D eigenvalue weighted by Gasteiger charge is -2.15. The molecule has 39 heavy (non-hydrogen) atoms. The van der Waals surface area contributed by atoms with Gasteiger partial charge in [-0.2, -0.15) is 18.2 Å². The van der Waals surface area contributed by atoms with Crippen LogP contribution in [-0.2, 0) is 22.7 Å². The van der Waals surface area contributed by atoms with Crippen molar-refractivity contribution < 1.29 is 41.4 Å². The van der Waals surface area contributed by atoms with Crippen molar-refractivity contribution in [2.45, 2.75) is 33.2 Å². The summed E-state index contributed by atoms with van der Waals surface area (Å²) in [7, 11) is 0. The fourth-order valence-corrected chi connectivity index (χ4v) is 3.20. The zero-order valence-corrected chi connectivity index (χ0v) is 21.7. The Kier molecular flexibility index (Phi) is 10.4. The molecule has 3 aromatic rings. The molecule has 4 N–H and O–H groups in total. The summed E-state index contributed by atoms with van der Waals surface area (Å²) in [6.07, 6.45) is -3.55. The van der Waals surface area contributed by atoms with E-state index in [9.17, 15) is 31.5 Å². The fraction of sp³-hybridized carbons (Fsp3) is 0.273. The Balaban J connectivity index is 0.000000673. The first kappa shape index (κ1) is 31.1. The maximum absolute atomic E-state index is 13.8. The van der Waals surface area contributed by atoms with Gasteiger partial charge in [0.15, 0.2) is 0 Å². The van der Waals surface area contributed by atoms with Crippen molar-refractivity contribution in [3.63, 3.8) is 0 Å². The van der Waals surface area contributed by atoms with Gasteiger partial charge >= 0.3 is 12.1 Å². The van der Waals surface area contributed by atoms with Gasteiger partial charge in [0.25, 0.3) is 5.56 Å². The number of nitrogens with two attached hydrogens (primary N) is 1. The van der Waals surface area contributed by atoms with Crippen molar-refractivity contribution in [2.24, 2.45) is 5.73 Å². The fourth-order valence-electron chi connectivity index (χ4n) is 2.78. The lowest BCUT2D eigenvalue weighted by atomic mass is 10.2. The summed E-state index contributed by atoms with van der Waals surface area (Å²) < 4.78 is 65.5. The number of carboxylic acid groups (broad SMARTS) is 1. The number of alkyl halides is 3. The summed E-state index contributed by atoms with van der Waals surface area (Å²) in [6.45, 7) is 2.97. The number of aliphatic carboxylic acids is 1. The number of carbonyl (C=O) groups excluding carboxylic acids is 1. The number of primary amides is 1. The van der Waals surface area contributed by atoms with Gasteiger partial charge in [-0.25, -0.2) is 23.5 Å². The Morgan fingerprint density at radius 1 is 1.18 bits per heavy atom. The average Bonchev–Trinajstić information content (AvgIpc) is 2.83. The van der Waals surface area contributed by atoms with Gasteiger partial charge in [0.1, 0.15) is 40.2 Å². The number of nitrogens with zero attached hydrogens (tertiary/aromatic N) is 4. The number of nitrogens with one attached hydrogen (secondary N) is 1. The molecule has 0 spiro atoms. The maximum Gasteiger partial charge on any atom is 0.490 e. The number of hydrogen-bond donors (Lipinski definition) is 3. The second kappa shape index (κ2) is 13.1. The van der Waals surface area contributed by atoms with Crippen molar-refractivity contribution >= 4 is 33.6 Å². The van der Waals surface area contributed by atoms with Crippen LogP contribution in [0.1, 0.15) is 22.8 Å². The summed E-state index contributed by atoms with van der Waals surface area (Å²) in [5.74, 6) is -3.66. The number of aryl methyl sites for hydroxylation is 2. The Bertz CT molecular complexity index is 1430. The SMILES string of the molecule is Cc1ncc(Cn2c(C)nc(OCc3ccc(F)cc3F)c(Br)c2=O)c(NCC(N)=O)n1.O=C(O)C(F)(F)F. The van der Waals surface area contributed by atoms with Crippen molar-refractivity contribution in [2.75, 3.05) is 11.9 Å². The van der Waals surface area contributed by atoms with Crippen molar-refractivity contribution in [3.05, 3.63) is 73.6 Å².